The topological polar surface area (TPSA) is 58.6 Å². The molecule has 0 radical (unpaired) electrons. The van der Waals surface area contributed by atoms with Crippen molar-refractivity contribution in [3.63, 3.8) is 0 Å². The predicted molar refractivity (Wildman–Crippen MR) is 133 cm³/mol. The highest BCUT2D eigenvalue weighted by Gasteiger charge is 2.26. The average molecular weight is 487 g/mol. The van der Waals surface area contributed by atoms with E-state index >= 15 is 0 Å². The molecule has 168 valence electrons. The van der Waals surface area contributed by atoms with E-state index in [1.165, 1.54) is 23.0 Å². The highest BCUT2D eigenvalue weighted by atomic mass is 32.2. The van der Waals surface area contributed by atoms with E-state index in [0.717, 1.165) is 46.4 Å². The second kappa shape index (κ2) is 11.1. The summed E-state index contributed by atoms with van der Waals surface area (Å²) >= 11 is 4.71. The number of carbonyl (C=O) groups excluding carboxylic acids is 1. The van der Waals surface area contributed by atoms with Crippen LogP contribution in [0.4, 0.5) is 5.69 Å². The zero-order valence-electron chi connectivity index (χ0n) is 18.1. The third-order valence-electron chi connectivity index (χ3n) is 5.25. The van der Waals surface area contributed by atoms with Gasteiger partial charge in [0.05, 0.1) is 12.4 Å². The van der Waals surface area contributed by atoms with Gasteiger partial charge in [-0.25, -0.2) is 0 Å². The fourth-order valence-corrected chi connectivity index (χ4v) is 6.66. The van der Waals surface area contributed by atoms with Crippen LogP contribution in [0.15, 0.2) is 63.3 Å². The number of hydrogen-bond donors (Lipinski definition) is 0. The van der Waals surface area contributed by atoms with E-state index in [4.69, 9.17) is 4.74 Å². The van der Waals surface area contributed by atoms with E-state index in [9.17, 15) is 4.79 Å². The van der Waals surface area contributed by atoms with Crippen LogP contribution in [-0.4, -0.2) is 59.5 Å². The second-order valence-corrected chi connectivity index (χ2v) is 11.2. The fourth-order valence-electron chi connectivity index (χ4n) is 3.45. The number of anilines is 1. The number of aromatic nitrogens is 2. The van der Waals surface area contributed by atoms with Crippen molar-refractivity contribution in [2.24, 2.45) is 0 Å². The minimum atomic E-state index is -0.175. The van der Waals surface area contributed by atoms with Gasteiger partial charge >= 0.3 is 0 Å². The van der Waals surface area contributed by atoms with Crippen molar-refractivity contribution < 1.29 is 9.53 Å². The van der Waals surface area contributed by atoms with Crippen LogP contribution in [0.3, 0.4) is 0 Å². The van der Waals surface area contributed by atoms with Crippen molar-refractivity contribution in [3.8, 4) is 5.75 Å². The van der Waals surface area contributed by atoms with Gasteiger partial charge < -0.3 is 14.5 Å². The zero-order chi connectivity index (χ0) is 22.3. The maximum absolute atomic E-state index is 12.9. The van der Waals surface area contributed by atoms with Gasteiger partial charge in [-0.2, -0.15) is 0 Å². The molecule has 32 heavy (non-hydrogen) atoms. The number of methoxy groups -OCH3 is 1. The Balaban J connectivity index is 1.24. The predicted octanol–water partition coefficient (Wildman–Crippen LogP) is 4.67. The third-order valence-corrected chi connectivity index (χ3v) is 8.55. The molecule has 1 atom stereocenters. The molecule has 2 heterocycles. The molecule has 1 unspecified atom stereocenters. The van der Waals surface area contributed by atoms with Crippen molar-refractivity contribution in [1.29, 1.82) is 0 Å². The summed E-state index contributed by atoms with van der Waals surface area (Å²) in [7, 11) is 1.67. The number of amides is 1. The number of hydrogen-bond acceptors (Lipinski definition) is 8. The molecule has 0 bridgehead atoms. The van der Waals surface area contributed by atoms with E-state index in [2.05, 4.69) is 51.5 Å². The molecule has 1 amide bonds. The lowest BCUT2D eigenvalue weighted by atomic mass is 10.2. The lowest BCUT2D eigenvalue weighted by molar-refractivity contribution is -0.130. The molecule has 1 saturated heterocycles. The van der Waals surface area contributed by atoms with Gasteiger partial charge in [0.15, 0.2) is 8.68 Å². The van der Waals surface area contributed by atoms with Crippen molar-refractivity contribution in [3.05, 3.63) is 60.2 Å². The smallest absolute Gasteiger partial charge is 0.235 e. The number of nitrogens with zero attached hydrogens (tertiary/aromatic N) is 4. The van der Waals surface area contributed by atoms with Gasteiger partial charge in [-0.15, -0.1) is 10.2 Å². The van der Waals surface area contributed by atoms with E-state index in [0.29, 0.717) is 0 Å². The van der Waals surface area contributed by atoms with Crippen LogP contribution < -0.4 is 9.64 Å². The molecule has 0 aliphatic carbocycles. The summed E-state index contributed by atoms with van der Waals surface area (Å²) in [5.74, 6) is 1.85. The molecule has 0 saturated carbocycles. The van der Waals surface area contributed by atoms with Crippen LogP contribution in [0, 0.1) is 0 Å². The number of carbonyl (C=O) groups is 1. The van der Waals surface area contributed by atoms with Gasteiger partial charge in [-0.1, -0.05) is 65.2 Å². The maximum atomic E-state index is 12.9. The van der Waals surface area contributed by atoms with Crippen LogP contribution in [0.2, 0.25) is 0 Å². The normalized spacial score (nSPS) is 14.9. The Kier molecular flexibility index (Phi) is 7.94. The molecule has 4 rings (SSSR count). The van der Waals surface area contributed by atoms with Crippen LogP contribution in [0.5, 0.6) is 5.75 Å². The molecule has 0 spiro atoms. The summed E-state index contributed by atoms with van der Waals surface area (Å²) in [4.78, 5) is 17.2. The first kappa shape index (κ1) is 22.9. The number of thioether (sulfide) groups is 2. The Morgan fingerprint density at radius 3 is 2.41 bits per heavy atom. The molecule has 3 aromatic rings. The Morgan fingerprint density at radius 1 is 1.03 bits per heavy atom. The Hall–Kier alpha value is -2.23. The fraction of sp³-hybridized carbons (Fsp3) is 0.348. The summed E-state index contributed by atoms with van der Waals surface area (Å²) in [5, 5.41) is 8.40. The molecular formula is C23H26N4O2S3. The molecule has 0 N–H and O–H groups in total. The highest BCUT2D eigenvalue weighted by molar-refractivity contribution is 8.03. The van der Waals surface area contributed by atoms with Crippen LogP contribution in [0.1, 0.15) is 12.5 Å². The number of rotatable bonds is 8. The molecule has 2 aromatic carbocycles. The monoisotopic (exact) mass is 486 g/mol. The highest BCUT2D eigenvalue weighted by Crippen LogP contribution is 2.33. The number of benzene rings is 2. The maximum Gasteiger partial charge on any atom is 0.235 e. The Labute approximate surface area is 201 Å². The van der Waals surface area contributed by atoms with Crippen molar-refractivity contribution >= 4 is 46.5 Å². The minimum absolute atomic E-state index is 0.172. The van der Waals surface area contributed by atoms with E-state index < -0.39 is 0 Å². The van der Waals surface area contributed by atoms with E-state index in [-0.39, 0.29) is 11.2 Å². The number of piperazine rings is 1. The third kappa shape index (κ3) is 5.96. The molecule has 6 nitrogen and oxygen atoms in total. The molecule has 1 aliphatic rings. The Morgan fingerprint density at radius 2 is 1.72 bits per heavy atom. The van der Waals surface area contributed by atoms with Crippen LogP contribution in [-0.2, 0) is 10.5 Å². The number of para-hydroxylation sites is 1. The van der Waals surface area contributed by atoms with Crippen LogP contribution in [0.25, 0.3) is 0 Å². The molecule has 9 heteroatoms. The van der Waals surface area contributed by atoms with Crippen molar-refractivity contribution in [2.75, 3.05) is 38.2 Å². The molecular weight excluding hydrogens is 460 g/mol. The standard InChI is InChI=1S/C23H26N4O2S3/c1-17(21(28)27-14-12-26(13-15-27)19-6-4-3-5-7-19)31-23-25-24-22(32-23)30-16-18-8-10-20(29-2)11-9-18/h3-11,17H,12-16H2,1-2H3. The van der Waals surface area contributed by atoms with Gasteiger partial charge in [-0.05, 0) is 36.8 Å². The van der Waals surface area contributed by atoms with Gasteiger partial charge in [0, 0.05) is 37.6 Å². The zero-order valence-corrected chi connectivity index (χ0v) is 20.6. The van der Waals surface area contributed by atoms with Gasteiger partial charge in [0.25, 0.3) is 0 Å². The molecule has 1 aliphatic heterocycles. The number of ether oxygens (including phenoxy) is 1. The largest absolute Gasteiger partial charge is 0.497 e. The summed E-state index contributed by atoms with van der Waals surface area (Å²) in [6.07, 6.45) is 0. The van der Waals surface area contributed by atoms with Gasteiger partial charge in [0.1, 0.15) is 5.75 Å². The second-order valence-electron chi connectivity index (χ2n) is 7.38. The van der Waals surface area contributed by atoms with E-state index in [1.807, 2.05) is 30.0 Å². The first-order chi connectivity index (χ1) is 15.6. The quantitative estimate of drug-likeness (QED) is 0.429. The van der Waals surface area contributed by atoms with Gasteiger partial charge in [0.2, 0.25) is 5.91 Å². The summed E-state index contributed by atoms with van der Waals surface area (Å²) < 4.78 is 6.95. The summed E-state index contributed by atoms with van der Waals surface area (Å²) in [5.41, 5.74) is 2.42. The average Bonchev–Trinajstić information content (AvgIpc) is 3.30. The van der Waals surface area contributed by atoms with Gasteiger partial charge in [-0.3, -0.25) is 4.79 Å². The SMILES string of the molecule is COc1ccc(CSc2nnc(SC(C)C(=O)N3CCN(c4ccccc4)CC3)s2)cc1. The Bertz CT molecular complexity index is 1010. The molecule has 1 fully saturated rings. The first-order valence-corrected chi connectivity index (χ1v) is 13.2. The van der Waals surface area contributed by atoms with Crippen molar-refractivity contribution in [2.45, 2.75) is 26.6 Å². The lowest BCUT2D eigenvalue weighted by Crippen LogP contribution is -2.50. The first-order valence-electron chi connectivity index (χ1n) is 10.5. The molecule has 1 aromatic heterocycles. The summed E-state index contributed by atoms with van der Waals surface area (Å²) in [6, 6.07) is 18.4. The van der Waals surface area contributed by atoms with Crippen molar-refractivity contribution in [1.82, 2.24) is 15.1 Å². The lowest BCUT2D eigenvalue weighted by Gasteiger charge is -2.37. The minimum Gasteiger partial charge on any atom is -0.497 e. The van der Waals surface area contributed by atoms with E-state index in [1.54, 1.807) is 30.2 Å². The summed E-state index contributed by atoms with van der Waals surface area (Å²) in [6.45, 7) is 5.17. The van der Waals surface area contributed by atoms with Crippen LogP contribution >= 0.6 is 34.9 Å².